The van der Waals surface area contributed by atoms with Gasteiger partial charge in [0.05, 0.1) is 24.8 Å². The second-order valence-corrected chi connectivity index (χ2v) is 7.17. The first-order valence-corrected chi connectivity index (χ1v) is 10.1. The smallest absolute Gasteiger partial charge is 0.276 e. The minimum Gasteiger partial charge on any atom is -0.373 e. The van der Waals surface area contributed by atoms with Crippen molar-refractivity contribution in [1.82, 2.24) is 9.97 Å². The molecule has 2 heterocycles. The molecule has 0 unspecified atom stereocenters. The van der Waals surface area contributed by atoms with Gasteiger partial charge in [0.25, 0.3) is 11.8 Å². The number of ether oxygens (including phenoxy) is 1. The molecule has 9 nitrogen and oxygen atoms in total. The highest BCUT2D eigenvalue weighted by molar-refractivity contribution is 6.13. The first-order valence-electron chi connectivity index (χ1n) is 10.1. The molecule has 1 aromatic heterocycles. The van der Waals surface area contributed by atoms with Crippen LogP contribution in [0.1, 0.15) is 26.5 Å². The van der Waals surface area contributed by atoms with Gasteiger partial charge in [-0.2, -0.15) is 5.26 Å². The molecule has 164 valence electrons. The van der Waals surface area contributed by atoms with E-state index in [4.69, 9.17) is 10.00 Å². The van der Waals surface area contributed by atoms with Crippen LogP contribution in [0.15, 0.2) is 73.2 Å². The van der Waals surface area contributed by atoms with Crippen LogP contribution in [0.2, 0.25) is 0 Å². The molecule has 4 rings (SSSR count). The average Bonchev–Trinajstić information content (AvgIpc) is 2.85. The molecule has 1 aliphatic heterocycles. The van der Waals surface area contributed by atoms with E-state index >= 15 is 0 Å². The number of aromatic nitrogens is 2. The van der Waals surface area contributed by atoms with E-state index in [1.807, 2.05) is 18.2 Å². The van der Waals surface area contributed by atoms with E-state index in [0.717, 1.165) is 11.4 Å². The van der Waals surface area contributed by atoms with Gasteiger partial charge in [-0.05, 0) is 48.5 Å². The number of morpholine rings is 1. The molecule has 0 atom stereocenters. The highest BCUT2D eigenvalue weighted by atomic mass is 16.5. The van der Waals surface area contributed by atoms with Gasteiger partial charge in [-0.25, -0.2) is 9.97 Å². The number of carbonyl (C=O) groups is 2. The monoisotopic (exact) mass is 440 g/mol. The topological polar surface area (TPSA) is 120 Å². The van der Waals surface area contributed by atoms with Gasteiger partial charge < -0.3 is 20.3 Å². The van der Waals surface area contributed by atoms with Crippen LogP contribution >= 0.6 is 0 Å². The lowest BCUT2D eigenvalue weighted by Crippen LogP contribution is -2.33. The highest BCUT2D eigenvalue weighted by Crippen LogP contribution is 2.23. The van der Waals surface area contributed by atoms with Crippen LogP contribution in [-0.2, 0) is 4.74 Å². The second kappa shape index (κ2) is 9.72. The van der Waals surface area contributed by atoms with Gasteiger partial charge in [-0.1, -0.05) is 6.58 Å². The van der Waals surface area contributed by atoms with Gasteiger partial charge in [0.15, 0.2) is 11.4 Å². The van der Waals surface area contributed by atoms with Crippen molar-refractivity contribution < 1.29 is 14.3 Å². The summed E-state index contributed by atoms with van der Waals surface area (Å²) in [6.07, 6.45) is 2.69. The van der Waals surface area contributed by atoms with Crippen LogP contribution < -0.4 is 15.5 Å². The van der Waals surface area contributed by atoms with Crippen molar-refractivity contribution in [2.45, 2.75) is 0 Å². The van der Waals surface area contributed by atoms with E-state index in [0.29, 0.717) is 36.7 Å². The lowest BCUT2D eigenvalue weighted by atomic mass is 10.2. The largest absolute Gasteiger partial charge is 0.373 e. The molecule has 0 aliphatic carbocycles. The van der Waals surface area contributed by atoms with Crippen molar-refractivity contribution in [2.75, 3.05) is 35.3 Å². The molecule has 1 aliphatic rings. The maximum Gasteiger partial charge on any atom is 0.276 e. The summed E-state index contributed by atoms with van der Waals surface area (Å²) in [4.78, 5) is 35.7. The summed E-state index contributed by atoms with van der Waals surface area (Å²) in [6.45, 7) is 5.83. The molecule has 9 heteroatoms. The zero-order chi connectivity index (χ0) is 23.2. The molecule has 2 amide bonds. The lowest BCUT2D eigenvalue weighted by Gasteiger charge is -2.31. The SMILES string of the molecule is C=C1COCCN1c1ccc(NC(=O)c2nccnc2C(=O)Nc2ccc(C#N)cc2)cc1. The molecule has 3 aromatic rings. The maximum atomic E-state index is 12.8. The fourth-order valence-electron chi connectivity index (χ4n) is 3.30. The normalized spacial score (nSPS) is 13.2. The number of hydrogen-bond acceptors (Lipinski definition) is 7. The molecule has 0 radical (unpaired) electrons. The Balaban J connectivity index is 1.47. The Bertz CT molecular complexity index is 1230. The molecule has 33 heavy (non-hydrogen) atoms. The zero-order valence-electron chi connectivity index (χ0n) is 17.6. The predicted molar refractivity (Wildman–Crippen MR) is 123 cm³/mol. The number of anilines is 3. The number of benzene rings is 2. The summed E-state index contributed by atoms with van der Waals surface area (Å²) in [5, 5.41) is 14.3. The molecule has 2 N–H and O–H groups in total. The third-order valence-electron chi connectivity index (χ3n) is 4.95. The van der Waals surface area contributed by atoms with E-state index in [1.54, 1.807) is 36.4 Å². The molecule has 0 bridgehead atoms. The Labute approximate surface area is 190 Å². The fraction of sp³-hybridized carbons (Fsp3) is 0.125. The van der Waals surface area contributed by atoms with Crippen LogP contribution in [0.3, 0.4) is 0 Å². The molecule has 2 aromatic carbocycles. The van der Waals surface area contributed by atoms with Gasteiger partial charge >= 0.3 is 0 Å². The summed E-state index contributed by atoms with van der Waals surface area (Å²) in [5.41, 5.74) is 3.09. The lowest BCUT2D eigenvalue weighted by molar-refractivity contribution is 0.0983. The zero-order valence-corrected chi connectivity index (χ0v) is 17.6. The van der Waals surface area contributed by atoms with Gasteiger partial charge in [0.1, 0.15) is 0 Å². The van der Waals surface area contributed by atoms with Crippen molar-refractivity contribution in [3.8, 4) is 6.07 Å². The number of hydrogen-bond donors (Lipinski definition) is 2. The molecular weight excluding hydrogens is 420 g/mol. The molecule has 1 saturated heterocycles. The average molecular weight is 440 g/mol. The summed E-state index contributed by atoms with van der Waals surface area (Å²) in [5.74, 6) is -1.14. The van der Waals surface area contributed by atoms with Crippen LogP contribution in [0.4, 0.5) is 17.1 Å². The third kappa shape index (κ3) is 5.03. The van der Waals surface area contributed by atoms with Gasteiger partial charge in [-0.15, -0.1) is 0 Å². The Morgan fingerprint density at radius 2 is 1.48 bits per heavy atom. The number of nitrogens with one attached hydrogen (secondary N) is 2. The van der Waals surface area contributed by atoms with E-state index in [1.165, 1.54) is 12.4 Å². The fourth-order valence-corrected chi connectivity index (χ4v) is 3.30. The summed E-state index contributed by atoms with van der Waals surface area (Å²) < 4.78 is 5.38. The van der Waals surface area contributed by atoms with E-state index in [9.17, 15) is 9.59 Å². The van der Waals surface area contributed by atoms with Crippen LogP contribution in [0.5, 0.6) is 0 Å². The number of carbonyl (C=O) groups excluding carboxylic acids is 2. The van der Waals surface area contributed by atoms with Crippen molar-refractivity contribution in [2.24, 2.45) is 0 Å². The Hall–Kier alpha value is -4.55. The van der Waals surface area contributed by atoms with Crippen molar-refractivity contribution in [3.05, 3.63) is 90.2 Å². The standard InChI is InChI=1S/C24H20N6O3/c1-16-15-33-13-12-30(16)20-8-6-19(7-9-20)29-24(32)22-21(26-10-11-27-22)23(31)28-18-4-2-17(14-25)3-5-18/h2-11H,1,12-13,15H2,(H,28,31)(H,29,32). The van der Waals surface area contributed by atoms with E-state index in [2.05, 4.69) is 32.1 Å². The van der Waals surface area contributed by atoms with E-state index < -0.39 is 11.8 Å². The van der Waals surface area contributed by atoms with Crippen LogP contribution in [0.25, 0.3) is 0 Å². The number of rotatable bonds is 5. The highest BCUT2D eigenvalue weighted by Gasteiger charge is 2.21. The number of amides is 2. The molecule has 0 spiro atoms. The van der Waals surface area contributed by atoms with Crippen molar-refractivity contribution in [1.29, 1.82) is 5.26 Å². The third-order valence-corrected chi connectivity index (χ3v) is 4.95. The van der Waals surface area contributed by atoms with E-state index in [-0.39, 0.29) is 11.4 Å². The van der Waals surface area contributed by atoms with Crippen LogP contribution in [-0.4, -0.2) is 41.5 Å². The summed E-state index contributed by atoms with van der Waals surface area (Å²) >= 11 is 0. The van der Waals surface area contributed by atoms with Gasteiger partial charge in [0, 0.05) is 41.7 Å². The number of nitriles is 1. The van der Waals surface area contributed by atoms with Crippen molar-refractivity contribution >= 4 is 28.9 Å². The Morgan fingerprint density at radius 1 is 0.939 bits per heavy atom. The predicted octanol–water partition coefficient (Wildman–Crippen LogP) is 3.20. The molecule has 0 saturated carbocycles. The summed E-state index contributed by atoms with van der Waals surface area (Å²) in [7, 11) is 0. The van der Waals surface area contributed by atoms with Gasteiger partial charge in [0.2, 0.25) is 0 Å². The Kier molecular flexibility index (Phi) is 6.38. The summed E-state index contributed by atoms with van der Waals surface area (Å²) in [6, 6.07) is 15.6. The maximum absolute atomic E-state index is 12.8. The quantitative estimate of drug-likeness (QED) is 0.625. The van der Waals surface area contributed by atoms with Crippen LogP contribution in [0, 0.1) is 11.3 Å². The second-order valence-electron chi connectivity index (χ2n) is 7.17. The first kappa shape index (κ1) is 21.7. The van der Waals surface area contributed by atoms with Gasteiger partial charge in [-0.3, -0.25) is 9.59 Å². The minimum absolute atomic E-state index is 0.103. The minimum atomic E-state index is -0.584. The molecular formula is C24H20N6O3. The number of nitrogens with zero attached hydrogens (tertiary/aromatic N) is 4. The molecule has 1 fully saturated rings. The van der Waals surface area contributed by atoms with Crippen molar-refractivity contribution in [3.63, 3.8) is 0 Å². The first-order chi connectivity index (χ1) is 16.0. The Morgan fingerprint density at radius 3 is 2.00 bits per heavy atom.